The Morgan fingerprint density at radius 2 is 1.88 bits per heavy atom. The van der Waals surface area contributed by atoms with Crippen LogP contribution in [0.25, 0.3) is 0 Å². The monoisotopic (exact) mass is 359 g/mol. The van der Waals surface area contributed by atoms with Gasteiger partial charge >= 0.3 is 0 Å². The Bertz CT molecular complexity index is 715. The van der Waals surface area contributed by atoms with Gasteiger partial charge in [0.15, 0.2) is 6.10 Å². The first-order valence-electron chi connectivity index (χ1n) is 8.87. The van der Waals surface area contributed by atoms with E-state index in [4.69, 9.17) is 16.3 Å². The van der Waals surface area contributed by atoms with Gasteiger partial charge in [0.2, 0.25) is 0 Å². The second-order valence-corrected chi connectivity index (χ2v) is 6.44. The van der Waals surface area contributed by atoms with E-state index in [1.165, 1.54) is 16.7 Å². The van der Waals surface area contributed by atoms with Crippen molar-refractivity contribution in [1.29, 1.82) is 0 Å². The lowest BCUT2D eigenvalue weighted by molar-refractivity contribution is -0.128. The van der Waals surface area contributed by atoms with E-state index in [9.17, 15) is 4.79 Å². The molecule has 134 valence electrons. The summed E-state index contributed by atoms with van der Waals surface area (Å²) in [6.45, 7) is 6.72. The SMILES string of the molecule is CCc1ccc(CC)c(CNC(=O)C(CC)Oc2cccc(Cl)c2)c1. The maximum atomic E-state index is 12.5. The van der Waals surface area contributed by atoms with Crippen LogP contribution in [0.5, 0.6) is 5.75 Å². The number of nitrogens with one attached hydrogen (secondary N) is 1. The van der Waals surface area contributed by atoms with Crippen molar-refractivity contribution >= 4 is 17.5 Å². The van der Waals surface area contributed by atoms with E-state index in [2.05, 4.69) is 37.4 Å². The number of aryl methyl sites for hydroxylation is 2. The summed E-state index contributed by atoms with van der Waals surface area (Å²) >= 11 is 5.97. The quantitative estimate of drug-likeness (QED) is 0.725. The van der Waals surface area contributed by atoms with Crippen molar-refractivity contribution in [1.82, 2.24) is 5.32 Å². The molecular formula is C21H26ClNO2. The van der Waals surface area contributed by atoms with Crippen molar-refractivity contribution in [3.05, 3.63) is 64.2 Å². The molecule has 0 bridgehead atoms. The van der Waals surface area contributed by atoms with Crippen molar-refractivity contribution in [3.63, 3.8) is 0 Å². The molecule has 25 heavy (non-hydrogen) atoms. The number of carbonyl (C=O) groups excluding carboxylic acids is 1. The number of rotatable bonds is 8. The van der Waals surface area contributed by atoms with E-state index in [0.29, 0.717) is 23.7 Å². The molecule has 0 aromatic heterocycles. The molecule has 0 saturated heterocycles. The summed E-state index contributed by atoms with van der Waals surface area (Å²) in [6.07, 6.45) is 2.00. The summed E-state index contributed by atoms with van der Waals surface area (Å²) in [5.41, 5.74) is 3.72. The summed E-state index contributed by atoms with van der Waals surface area (Å²) < 4.78 is 5.80. The van der Waals surface area contributed by atoms with Gasteiger partial charge in [0.05, 0.1) is 0 Å². The van der Waals surface area contributed by atoms with Gasteiger partial charge in [0, 0.05) is 11.6 Å². The topological polar surface area (TPSA) is 38.3 Å². The lowest BCUT2D eigenvalue weighted by atomic mass is 10.0. The number of amides is 1. The van der Waals surface area contributed by atoms with Crippen LogP contribution in [-0.2, 0) is 24.2 Å². The van der Waals surface area contributed by atoms with E-state index < -0.39 is 6.10 Å². The third-order valence-corrected chi connectivity index (χ3v) is 4.49. The molecule has 2 aromatic rings. The predicted octanol–water partition coefficient (Wildman–Crippen LogP) is 4.94. The maximum absolute atomic E-state index is 12.5. The van der Waals surface area contributed by atoms with Crippen LogP contribution in [-0.4, -0.2) is 12.0 Å². The first-order chi connectivity index (χ1) is 12.1. The van der Waals surface area contributed by atoms with Crippen molar-refractivity contribution in [2.45, 2.75) is 52.7 Å². The number of ether oxygens (including phenoxy) is 1. The fourth-order valence-corrected chi connectivity index (χ4v) is 2.91. The van der Waals surface area contributed by atoms with Crippen LogP contribution in [0.15, 0.2) is 42.5 Å². The number of halogens is 1. The molecule has 2 rings (SSSR count). The average Bonchev–Trinajstić information content (AvgIpc) is 2.63. The van der Waals surface area contributed by atoms with E-state index in [1.54, 1.807) is 12.1 Å². The molecule has 0 aliphatic heterocycles. The van der Waals surface area contributed by atoms with Gasteiger partial charge in [0.25, 0.3) is 5.91 Å². The number of carbonyl (C=O) groups is 1. The fraction of sp³-hybridized carbons (Fsp3) is 0.381. The Balaban J connectivity index is 2.02. The average molecular weight is 360 g/mol. The molecule has 0 fully saturated rings. The zero-order valence-corrected chi connectivity index (χ0v) is 15.9. The Hall–Kier alpha value is -2.00. The van der Waals surface area contributed by atoms with Crippen LogP contribution in [0.3, 0.4) is 0 Å². The highest BCUT2D eigenvalue weighted by atomic mass is 35.5. The van der Waals surface area contributed by atoms with Gasteiger partial charge < -0.3 is 10.1 Å². The van der Waals surface area contributed by atoms with Crippen molar-refractivity contribution in [2.75, 3.05) is 0 Å². The standard InChI is InChI=1S/C21H26ClNO2/c1-4-15-10-11-16(5-2)17(12-15)14-23-21(24)20(6-3)25-19-9-7-8-18(22)13-19/h7-13,20H,4-6,14H2,1-3H3,(H,23,24). The highest BCUT2D eigenvalue weighted by Crippen LogP contribution is 2.19. The molecule has 0 radical (unpaired) electrons. The molecule has 2 aromatic carbocycles. The third kappa shape index (κ3) is 5.50. The van der Waals surface area contributed by atoms with Gasteiger partial charge in [0.1, 0.15) is 5.75 Å². The van der Waals surface area contributed by atoms with Crippen LogP contribution in [0.4, 0.5) is 0 Å². The maximum Gasteiger partial charge on any atom is 0.261 e. The molecule has 0 aliphatic rings. The number of hydrogen-bond acceptors (Lipinski definition) is 2. The zero-order chi connectivity index (χ0) is 18.2. The Morgan fingerprint density at radius 1 is 1.08 bits per heavy atom. The van der Waals surface area contributed by atoms with Crippen LogP contribution < -0.4 is 10.1 Å². The van der Waals surface area contributed by atoms with Crippen molar-refractivity contribution < 1.29 is 9.53 Å². The third-order valence-electron chi connectivity index (χ3n) is 4.25. The lowest BCUT2D eigenvalue weighted by Crippen LogP contribution is -2.37. The van der Waals surface area contributed by atoms with E-state index in [-0.39, 0.29) is 5.91 Å². The van der Waals surface area contributed by atoms with Gasteiger partial charge in [-0.1, -0.05) is 56.6 Å². The molecule has 1 N–H and O–H groups in total. The van der Waals surface area contributed by atoms with Gasteiger partial charge in [-0.05, 0) is 54.2 Å². The smallest absolute Gasteiger partial charge is 0.261 e. The Morgan fingerprint density at radius 3 is 2.52 bits per heavy atom. The van der Waals surface area contributed by atoms with Crippen LogP contribution in [0, 0.1) is 0 Å². The van der Waals surface area contributed by atoms with Crippen LogP contribution in [0.2, 0.25) is 5.02 Å². The summed E-state index contributed by atoms with van der Waals surface area (Å²) in [7, 11) is 0. The molecule has 0 aliphatic carbocycles. The summed E-state index contributed by atoms with van der Waals surface area (Å²) in [6, 6.07) is 13.6. The van der Waals surface area contributed by atoms with Gasteiger partial charge in [-0.3, -0.25) is 4.79 Å². The van der Waals surface area contributed by atoms with Crippen molar-refractivity contribution in [3.8, 4) is 5.75 Å². The lowest BCUT2D eigenvalue weighted by Gasteiger charge is -2.18. The molecule has 0 spiro atoms. The van der Waals surface area contributed by atoms with Gasteiger partial charge in [-0.2, -0.15) is 0 Å². The molecule has 1 amide bonds. The Kier molecular flexibility index (Phi) is 7.32. The molecule has 1 atom stereocenters. The minimum absolute atomic E-state index is 0.105. The first kappa shape index (κ1) is 19.3. The zero-order valence-electron chi connectivity index (χ0n) is 15.1. The minimum atomic E-state index is -0.530. The molecule has 0 saturated carbocycles. The minimum Gasteiger partial charge on any atom is -0.481 e. The summed E-state index contributed by atoms with van der Waals surface area (Å²) in [5.74, 6) is 0.503. The number of hydrogen-bond donors (Lipinski definition) is 1. The van der Waals surface area contributed by atoms with Gasteiger partial charge in [-0.25, -0.2) is 0 Å². The fourth-order valence-electron chi connectivity index (χ4n) is 2.73. The predicted molar refractivity (Wildman–Crippen MR) is 103 cm³/mol. The van der Waals surface area contributed by atoms with Gasteiger partial charge in [-0.15, -0.1) is 0 Å². The second-order valence-electron chi connectivity index (χ2n) is 6.00. The highest BCUT2D eigenvalue weighted by molar-refractivity contribution is 6.30. The normalized spacial score (nSPS) is 11.8. The molecule has 3 nitrogen and oxygen atoms in total. The Labute approximate surface area is 155 Å². The highest BCUT2D eigenvalue weighted by Gasteiger charge is 2.18. The largest absolute Gasteiger partial charge is 0.481 e. The summed E-state index contributed by atoms with van der Waals surface area (Å²) in [4.78, 5) is 12.5. The molecule has 1 unspecified atom stereocenters. The molecule has 0 heterocycles. The molecule has 4 heteroatoms. The summed E-state index contributed by atoms with van der Waals surface area (Å²) in [5, 5.41) is 3.61. The molecular weight excluding hydrogens is 334 g/mol. The van der Waals surface area contributed by atoms with E-state index >= 15 is 0 Å². The second kappa shape index (κ2) is 9.47. The van der Waals surface area contributed by atoms with Crippen LogP contribution in [0.1, 0.15) is 43.9 Å². The number of benzene rings is 2. The van der Waals surface area contributed by atoms with Crippen LogP contribution >= 0.6 is 11.6 Å². The van der Waals surface area contributed by atoms with Crippen molar-refractivity contribution in [2.24, 2.45) is 0 Å². The van der Waals surface area contributed by atoms with E-state index in [0.717, 1.165) is 12.8 Å². The first-order valence-corrected chi connectivity index (χ1v) is 9.25. The van der Waals surface area contributed by atoms with E-state index in [1.807, 2.05) is 19.1 Å².